The van der Waals surface area contributed by atoms with E-state index in [0.717, 1.165) is 22.6 Å². The lowest BCUT2D eigenvalue weighted by molar-refractivity contribution is -0.111. The molecular weight excluding hydrogens is 340 g/mol. The highest BCUT2D eigenvalue weighted by Crippen LogP contribution is 2.48. The van der Waals surface area contributed by atoms with Crippen molar-refractivity contribution in [3.63, 3.8) is 0 Å². The van der Waals surface area contributed by atoms with E-state index in [-0.39, 0.29) is 18.4 Å². The van der Waals surface area contributed by atoms with E-state index in [1.807, 2.05) is 54.4 Å². The SMILES string of the molecule is CC(=O)C1=NN2c3cc(C)ccc3OCC2[C@@]1(CCCO)c1ccccc1. The van der Waals surface area contributed by atoms with Crippen molar-refractivity contribution >= 4 is 17.2 Å². The number of hydrogen-bond acceptors (Lipinski definition) is 5. The summed E-state index contributed by atoms with van der Waals surface area (Å²) in [6.07, 6.45) is 1.23. The molecule has 2 aromatic carbocycles. The quantitative estimate of drug-likeness (QED) is 0.885. The number of rotatable bonds is 5. The number of ether oxygens (including phenoxy) is 1. The summed E-state index contributed by atoms with van der Waals surface area (Å²) in [5.74, 6) is 0.745. The van der Waals surface area contributed by atoms with E-state index >= 15 is 0 Å². The van der Waals surface area contributed by atoms with Crippen LogP contribution in [0.15, 0.2) is 53.6 Å². The first-order valence-corrected chi connectivity index (χ1v) is 9.37. The van der Waals surface area contributed by atoms with Crippen LogP contribution in [0.4, 0.5) is 5.69 Å². The average molecular weight is 364 g/mol. The maximum Gasteiger partial charge on any atom is 0.176 e. The van der Waals surface area contributed by atoms with E-state index in [2.05, 4.69) is 6.07 Å². The van der Waals surface area contributed by atoms with E-state index in [1.54, 1.807) is 6.92 Å². The van der Waals surface area contributed by atoms with Gasteiger partial charge in [-0.1, -0.05) is 36.4 Å². The fourth-order valence-electron chi connectivity index (χ4n) is 4.40. The largest absolute Gasteiger partial charge is 0.489 e. The van der Waals surface area contributed by atoms with Crippen LogP contribution in [0.25, 0.3) is 0 Å². The van der Waals surface area contributed by atoms with Crippen molar-refractivity contribution in [1.82, 2.24) is 0 Å². The minimum atomic E-state index is -0.600. The summed E-state index contributed by atoms with van der Waals surface area (Å²) in [5.41, 5.74) is 3.00. The fourth-order valence-corrected chi connectivity index (χ4v) is 4.40. The molecule has 1 N–H and O–H groups in total. The first-order chi connectivity index (χ1) is 13.1. The maximum atomic E-state index is 12.7. The summed E-state index contributed by atoms with van der Waals surface area (Å²) in [5, 5.41) is 16.3. The maximum absolute atomic E-state index is 12.7. The predicted molar refractivity (Wildman–Crippen MR) is 105 cm³/mol. The summed E-state index contributed by atoms with van der Waals surface area (Å²) in [6, 6.07) is 15.9. The Morgan fingerprint density at radius 3 is 2.78 bits per heavy atom. The minimum Gasteiger partial charge on any atom is -0.489 e. The first-order valence-electron chi connectivity index (χ1n) is 9.37. The van der Waals surface area contributed by atoms with Crippen molar-refractivity contribution in [3.05, 3.63) is 59.7 Å². The Labute approximate surface area is 159 Å². The van der Waals surface area contributed by atoms with Crippen LogP contribution in [0.2, 0.25) is 0 Å². The van der Waals surface area contributed by atoms with Crippen LogP contribution in [0.5, 0.6) is 5.75 Å². The van der Waals surface area contributed by atoms with Gasteiger partial charge in [0.1, 0.15) is 29.8 Å². The molecule has 4 rings (SSSR count). The van der Waals surface area contributed by atoms with Gasteiger partial charge in [0.15, 0.2) is 5.78 Å². The number of ketones is 1. The van der Waals surface area contributed by atoms with Crippen molar-refractivity contribution in [3.8, 4) is 5.75 Å². The number of aryl methyl sites for hydroxylation is 1. The predicted octanol–water partition coefficient (Wildman–Crippen LogP) is 3.23. The van der Waals surface area contributed by atoms with E-state index in [4.69, 9.17) is 9.84 Å². The van der Waals surface area contributed by atoms with E-state index < -0.39 is 5.41 Å². The Kier molecular flexibility index (Phi) is 4.48. The topological polar surface area (TPSA) is 62.1 Å². The molecule has 1 unspecified atom stereocenters. The molecule has 0 spiro atoms. The molecular formula is C22H24N2O3. The monoisotopic (exact) mass is 364 g/mol. The van der Waals surface area contributed by atoms with Crippen molar-refractivity contribution in [2.75, 3.05) is 18.2 Å². The highest BCUT2D eigenvalue weighted by molar-refractivity contribution is 6.43. The number of hydrazone groups is 1. The highest BCUT2D eigenvalue weighted by atomic mass is 16.5. The molecule has 0 saturated heterocycles. The molecule has 2 aromatic rings. The smallest absolute Gasteiger partial charge is 0.176 e. The van der Waals surface area contributed by atoms with Crippen LogP contribution in [0.3, 0.4) is 0 Å². The molecule has 2 heterocycles. The van der Waals surface area contributed by atoms with E-state index in [1.165, 1.54) is 0 Å². The molecule has 0 saturated carbocycles. The van der Waals surface area contributed by atoms with Gasteiger partial charge in [0, 0.05) is 13.5 Å². The zero-order chi connectivity index (χ0) is 19.0. The van der Waals surface area contributed by atoms with Crippen LogP contribution in [-0.4, -0.2) is 35.9 Å². The molecule has 2 aliphatic heterocycles. The summed E-state index contributed by atoms with van der Waals surface area (Å²) >= 11 is 0. The second kappa shape index (κ2) is 6.82. The fraction of sp³-hybridized carbons (Fsp3) is 0.364. The zero-order valence-electron chi connectivity index (χ0n) is 15.7. The summed E-state index contributed by atoms with van der Waals surface area (Å²) in [4.78, 5) is 12.7. The zero-order valence-corrected chi connectivity index (χ0v) is 15.7. The number of fused-ring (bicyclic) bond motifs is 3. The summed E-state index contributed by atoms with van der Waals surface area (Å²) in [6.45, 7) is 4.12. The van der Waals surface area contributed by atoms with Crippen LogP contribution in [0.1, 0.15) is 30.9 Å². The lowest BCUT2D eigenvalue weighted by atomic mass is 9.67. The number of anilines is 1. The third-order valence-corrected chi connectivity index (χ3v) is 5.60. The van der Waals surface area contributed by atoms with Gasteiger partial charge in [0.05, 0.1) is 5.41 Å². The van der Waals surface area contributed by atoms with E-state index in [0.29, 0.717) is 25.2 Å². The van der Waals surface area contributed by atoms with Crippen molar-refractivity contribution in [2.24, 2.45) is 5.10 Å². The van der Waals surface area contributed by atoms with Gasteiger partial charge in [-0.15, -0.1) is 0 Å². The Hall–Kier alpha value is -2.66. The summed E-state index contributed by atoms with van der Waals surface area (Å²) in [7, 11) is 0. The Morgan fingerprint density at radius 1 is 1.30 bits per heavy atom. The van der Waals surface area contributed by atoms with Crippen LogP contribution >= 0.6 is 0 Å². The number of aliphatic hydroxyl groups is 1. The van der Waals surface area contributed by atoms with Crippen molar-refractivity contribution < 1.29 is 14.6 Å². The number of carbonyl (C=O) groups excluding carboxylic acids is 1. The van der Waals surface area contributed by atoms with Crippen molar-refractivity contribution in [2.45, 2.75) is 38.1 Å². The number of hydrogen-bond donors (Lipinski definition) is 1. The molecule has 0 aromatic heterocycles. The van der Waals surface area contributed by atoms with Gasteiger partial charge in [0.25, 0.3) is 0 Å². The van der Waals surface area contributed by atoms with Gasteiger partial charge in [-0.05, 0) is 43.0 Å². The third-order valence-electron chi connectivity index (χ3n) is 5.60. The van der Waals surface area contributed by atoms with Crippen LogP contribution in [0, 0.1) is 6.92 Å². The third kappa shape index (κ3) is 2.73. The molecule has 0 radical (unpaired) electrons. The Bertz CT molecular complexity index is 894. The second-order valence-electron chi connectivity index (χ2n) is 7.31. The first kappa shape index (κ1) is 17.7. The second-order valence-corrected chi connectivity index (χ2v) is 7.31. The number of benzene rings is 2. The molecule has 2 atom stereocenters. The Morgan fingerprint density at radius 2 is 2.07 bits per heavy atom. The van der Waals surface area contributed by atoms with Crippen LogP contribution in [-0.2, 0) is 10.2 Å². The van der Waals surface area contributed by atoms with E-state index in [9.17, 15) is 9.90 Å². The number of nitrogens with zero attached hydrogens (tertiary/aromatic N) is 2. The lowest BCUT2D eigenvalue weighted by Crippen LogP contribution is -2.53. The molecule has 0 fully saturated rings. The van der Waals surface area contributed by atoms with Gasteiger partial charge in [-0.25, -0.2) is 0 Å². The highest BCUT2D eigenvalue weighted by Gasteiger charge is 2.55. The number of aliphatic hydroxyl groups excluding tert-OH is 1. The molecule has 2 aliphatic rings. The standard InChI is InChI=1S/C22H24N2O3/c1-15-9-10-19-18(13-15)24-20(14-27-19)22(11-6-12-25,21(23-24)16(2)26)17-7-4-3-5-8-17/h3-5,7-10,13,20,25H,6,11-12,14H2,1-2H3/t20?,22-/m1/s1. The van der Waals surface area contributed by atoms with Gasteiger partial charge in [-0.3, -0.25) is 9.80 Å². The molecule has 140 valence electrons. The molecule has 5 heteroatoms. The molecule has 27 heavy (non-hydrogen) atoms. The lowest BCUT2D eigenvalue weighted by Gasteiger charge is -2.41. The normalized spacial score (nSPS) is 23.3. The van der Waals surface area contributed by atoms with Gasteiger partial charge in [0.2, 0.25) is 0 Å². The number of Topliss-reactive ketones (excluding diaryl/α,β-unsaturated/α-hetero) is 1. The van der Waals surface area contributed by atoms with Crippen molar-refractivity contribution in [1.29, 1.82) is 0 Å². The Balaban J connectivity index is 1.91. The molecule has 0 bridgehead atoms. The van der Waals surface area contributed by atoms with Crippen LogP contribution < -0.4 is 9.75 Å². The molecule has 0 aliphatic carbocycles. The van der Waals surface area contributed by atoms with Gasteiger partial charge in [-0.2, -0.15) is 5.10 Å². The minimum absolute atomic E-state index is 0.0413. The average Bonchev–Trinajstić information content (AvgIpc) is 3.03. The number of carbonyl (C=O) groups is 1. The molecule has 5 nitrogen and oxygen atoms in total. The summed E-state index contributed by atoms with van der Waals surface area (Å²) < 4.78 is 6.09. The van der Waals surface area contributed by atoms with Gasteiger partial charge < -0.3 is 9.84 Å². The molecule has 0 amide bonds. The van der Waals surface area contributed by atoms with Gasteiger partial charge >= 0.3 is 0 Å².